The average molecular weight is 487 g/mol. The first-order valence-corrected chi connectivity index (χ1v) is 11.6. The van der Waals surface area contributed by atoms with Gasteiger partial charge in [0.05, 0.1) is 11.1 Å². The average Bonchev–Trinajstić information content (AvgIpc) is 2.84. The van der Waals surface area contributed by atoms with Crippen LogP contribution in [-0.4, -0.2) is 38.3 Å². The molecule has 0 unspecified atom stereocenters. The SMILES string of the molecule is Cc1c(F)ccc(C(=O)N2CCC[C@@H](C)[C@H]2CCc2ccc(C(F)(F)F)cn2)c1-c1ncccn1. The van der Waals surface area contributed by atoms with E-state index in [0.717, 1.165) is 25.1 Å². The number of aryl methyl sites for hydroxylation is 1. The Hall–Kier alpha value is -3.36. The molecule has 3 heterocycles. The number of benzene rings is 1. The fraction of sp³-hybridized carbons (Fsp3) is 0.385. The van der Waals surface area contributed by atoms with Crippen LogP contribution in [0.3, 0.4) is 0 Å². The van der Waals surface area contributed by atoms with Gasteiger partial charge in [0.15, 0.2) is 5.82 Å². The lowest BCUT2D eigenvalue weighted by atomic mass is 9.86. The van der Waals surface area contributed by atoms with Crippen molar-refractivity contribution in [1.82, 2.24) is 19.9 Å². The molecule has 0 radical (unpaired) electrons. The summed E-state index contributed by atoms with van der Waals surface area (Å²) < 4.78 is 53.0. The molecule has 1 saturated heterocycles. The summed E-state index contributed by atoms with van der Waals surface area (Å²) in [6.45, 7) is 4.21. The summed E-state index contributed by atoms with van der Waals surface area (Å²) in [7, 11) is 0. The summed E-state index contributed by atoms with van der Waals surface area (Å²) in [4.78, 5) is 28.0. The predicted octanol–water partition coefficient (Wildman–Crippen LogP) is 5.88. The Morgan fingerprint density at radius 3 is 2.51 bits per heavy atom. The normalized spacial score (nSPS) is 18.5. The van der Waals surface area contributed by atoms with Gasteiger partial charge in [-0.2, -0.15) is 13.2 Å². The van der Waals surface area contributed by atoms with E-state index in [9.17, 15) is 22.4 Å². The quantitative estimate of drug-likeness (QED) is 0.423. The van der Waals surface area contributed by atoms with Gasteiger partial charge in [0.25, 0.3) is 5.91 Å². The van der Waals surface area contributed by atoms with Crippen molar-refractivity contribution >= 4 is 5.91 Å². The maximum absolute atomic E-state index is 14.4. The molecule has 9 heteroatoms. The highest BCUT2D eigenvalue weighted by Gasteiger charge is 2.34. The molecule has 1 aliphatic heterocycles. The highest BCUT2D eigenvalue weighted by Crippen LogP contribution is 2.33. The van der Waals surface area contributed by atoms with E-state index >= 15 is 0 Å². The number of likely N-dealkylation sites (tertiary alicyclic amines) is 1. The molecule has 1 aromatic carbocycles. The Morgan fingerprint density at radius 1 is 1.11 bits per heavy atom. The molecule has 0 aliphatic carbocycles. The summed E-state index contributed by atoms with van der Waals surface area (Å²) >= 11 is 0. The second-order valence-electron chi connectivity index (χ2n) is 8.93. The molecule has 1 amide bonds. The van der Waals surface area contributed by atoms with E-state index in [1.54, 1.807) is 30.3 Å². The lowest BCUT2D eigenvalue weighted by Gasteiger charge is -2.40. The maximum atomic E-state index is 14.4. The van der Waals surface area contributed by atoms with Gasteiger partial charge in [0, 0.05) is 42.4 Å². The van der Waals surface area contributed by atoms with Gasteiger partial charge in [0.1, 0.15) is 5.82 Å². The van der Waals surface area contributed by atoms with Crippen LogP contribution in [0.5, 0.6) is 0 Å². The molecule has 1 fully saturated rings. The molecular weight excluding hydrogens is 460 g/mol. The van der Waals surface area contributed by atoms with Crippen molar-refractivity contribution in [3.8, 4) is 11.4 Å². The van der Waals surface area contributed by atoms with Crippen LogP contribution < -0.4 is 0 Å². The lowest BCUT2D eigenvalue weighted by Crippen LogP contribution is -2.48. The number of amides is 1. The minimum Gasteiger partial charge on any atom is -0.335 e. The van der Waals surface area contributed by atoms with E-state index in [1.165, 1.54) is 18.2 Å². The van der Waals surface area contributed by atoms with Crippen LogP contribution in [0.15, 0.2) is 48.9 Å². The van der Waals surface area contributed by atoms with E-state index in [4.69, 9.17) is 0 Å². The predicted molar refractivity (Wildman–Crippen MR) is 123 cm³/mol. The minimum atomic E-state index is -4.43. The summed E-state index contributed by atoms with van der Waals surface area (Å²) in [6.07, 6.45) is 2.27. The van der Waals surface area contributed by atoms with Gasteiger partial charge < -0.3 is 4.90 Å². The topological polar surface area (TPSA) is 59.0 Å². The summed E-state index contributed by atoms with van der Waals surface area (Å²) in [5.41, 5.74) is 0.766. The molecule has 0 spiro atoms. The van der Waals surface area contributed by atoms with Crippen molar-refractivity contribution in [3.05, 3.63) is 77.1 Å². The molecule has 5 nitrogen and oxygen atoms in total. The third-order valence-electron chi connectivity index (χ3n) is 6.64. The standard InChI is InChI=1S/C26H26F4N4O/c1-16-5-3-14-34(22(16)11-8-19-7-6-18(15-33-19)26(28,29)30)25(35)20-9-10-21(27)17(2)23(20)24-31-12-4-13-32-24/h4,6-7,9-10,12-13,15-16,22H,3,5,8,11,14H2,1-2H3/t16-,22-/m1/s1. The lowest BCUT2D eigenvalue weighted by molar-refractivity contribution is -0.137. The first kappa shape index (κ1) is 24.8. The zero-order chi connectivity index (χ0) is 25.2. The molecule has 3 aromatic rings. The number of carbonyl (C=O) groups excluding carboxylic acids is 1. The van der Waals surface area contributed by atoms with Gasteiger partial charge in [-0.25, -0.2) is 14.4 Å². The maximum Gasteiger partial charge on any atom is 0.417 e. The van der Waals surface area contributed by atoms with Gasteiger partial charge in [0.2, 0.25) is 0 Å². The molecule has 2 aromatic heterocycles. The highest BCUT2D eigenvalue weighted by atomic mass is 19.4. The Labute approximate surface area is 201 Å². The zero-order valence-electron chi connectivity index (χ0n) is 19.5. The van der Waals surface area contributed by atoms with Gasteiger partial charge >= 0.3 is 6.18 Å². The van der Waals surface area contributed by atoms with Crippen molar-refractivity contribution < 1.29 is 22.4 Å². The van der Waals surface area contributed by atoms with Gasteiger partial charge in [-0.1, -0.05) is 6.92 Å². The number of carbonyl (C=O) groups is 1. The summed E-state index contributed by atoms with van der Waals surface area (Å²) in [5, 5.41) is 0. The van der Waals surface area contributed by atoms with Crippen molar-refractivity contribution in [2.45, 2.75) is 51.7 Å². The Morgan fingerprint density at radius 2 is 1.86 bits per heavy atom. The Bertz CT molecular complexity index is 1180. The number of nitrogens with zero attached hydrogens (tertiary/aromatic N) is 4. The number of hydrogen-bond acceptors (Lipinski definition) is 4. The number of hydrogen-bond donors (Lipinski definition) is 0. The van der Waals surface area contributed by atoms with Crippen LogP contribution in [0.4, 0.5) is 17.6 Å². The molecule has 2 atom stereocenters. The number of piperidine rings is 1. The third kappa shape index (κ3) is 5.33. The highest BCUT2D eigenvalue weighted by molar-refractivity contribution is 6.01. The van der Waals surface area contributed by atoms with Crippen LogP contribution in [-0.2, 0) is 12.6 Å². The van der Waals surface area contributed by atoms with Crippen molar-refractivity contribution in [2.75, 3.05) is 6.54 Å². The molecule has 4 rings (SSSR count). The van der Waals surface area contributed by atoms with Crippen LogP contribution in [0.25, 0.3) is 11.4 Å². The Kier molecular flexibility index (Phi) is 7.14. The van der Waals surface area contributed by atoms with Gasteiger partial charge in [-0.3, -0.25) is 9.78 Å². The molecular formula is C26H26F4N4O. The van der Waals surface area contributed by atoms with Gasteiger partial charge in [-0.15, -0.1) is 0 Å². The number of alkyl halides is 3. The van der Waals surface area contributed by atoms with E-state index in [1.807, 2.05) is 0 Å². The number of rotatable bonds is 5. The Balaban J connectivity index is 1.60. The third-order valence-corrected chi connectivity index (χ3v) is 6.64. The van der Waals surface area contributed by atoms with Crippen LogP contribution in [0, 0.1) is 18.7 Å². The molecule has 0 saturated carbocycles. The minimum absolute atomic E-state index is 0.129. The smallest absolute Gasteiger partial charge is 0.335 e. The number of aromatic nitrogens is 3. The molecule has 1 aliphatic rings. The van der Waals surface area contributed by atoms with E-state index in [0.29, 0.717) is 41.8 Å². The van der Waals surface area contributed by atoms with E-state index < -0.39 is 17.6 Å². The van der Waals surface area contributed by atoms with Crippen molar-refractivity contribution in [3.63, 3.8) is 0 Å². The first-order chi connectivity index (χ1) is 16.7. The fourth-order valence-electron chi connectivity index (χ4n) is 4.71. The number of halogens is 4. The second-order valence-corrected chi connectivity index (χ2v) is 8.93. The fourth-order valence-corrected chi connectivity index (χ4v) is 4.71. The van der Waals surface area contributed by atoms with Crippen LogP contribution >= 0.6 is 0 Å². The monoisotopic (exact) mass is 486 g/mol. The van der Waals surface area contributed by atoms with E-state index in [2.05, 4.69) is 21.9 Å². The van der Waals surface area contributed by atoms with Crippen LogP contribution in [0.2, 0.25) is 0 Å². The molecule has 35 heavy (non-hydrogen) atoms. The first-order valence-electron chi connectivity index (χ1n) is 11.6. The molecule has 0 N–H and O–H groups in total. The summed E-state index contributed by atoms with van der Waals surface area (Å²) in [5.74, 6) is -0.197. The molecule has 184 valence electrons. The second kappa shape index (κ2) is 10.1. The van der Waals surface area contributed by atoms with Crippen molar-refractivity contribution in [1.29, 1.82) is 0 Å². The van der Waals surface area contributed by atoms with Gasteiger partial charge in [-0.05, 0) is 74.4 Å². The number of pyridine rings is 1. The van der Waals surface area contributed by atoms with E-state index in [-0.39, 0.29) is 23.7 Å². The largest absolute Gasteiger partial charge is 0.417 e. The van der Waals surface area contributed by atoms with Crippen LogP contribution in [0.1, 0.15) is 53.4 Å². The molecule has 0 bridgehead atoms. The van der Waals surface area contributed by atoms with Crippen molar-refractivity contribution in [2.24, 2.45) is 5.92 Å². The zero-order valence-corrected chi connectivity index (χ0v) is 19.5. The summed E-state index contributed by atoms with van der Waals surface area (Å²) in [6, 6.07) is 6.69.